The van der Waals surface area contributed by atoms with Crippen molar-refractivity contribution in [2.75, 3.05) is 13.1 Å². The molecule has 0 bridgehead atoms. The summed E-state index contributed by atoms with van der Waals surface area (Å²) in [6.07, 6.45) is 1.05. The Morgan fingerprint density at radius 1 is 1.28 bits per heavy atom. The Labute approximate surface area is 152 Å². The van der Waals surface area contributed by atoms with E-state index in [1.54, 1.807) is 35.3 Å². The number of rotatable bonds is 5. The molecule has 1 aliphatic rings. The van der Waals surface area contributed by atoms with Gasteiger partial charge in [-0.25, -0.2) is 13.1 Å². The molecule has 0 radical (unpaired) electrons. The maximum atomic E-state index is 12.4. The Bertz CT molecular complexity index is 887. The summed E-state index contributed by atoms with van der Waals surface area (Å²) >= 11 is 1.73. The number of benzene rings is 1. The van der Waals surface area contributed by atoms with Gasteiger partial charge in [-0.2, -0.15) is 0 Å². The van der Waals surface area contributed by atoms with Crippen LogP contribution in [0.4, 0.5) is 0 Å². The number of hydrogen-bond donors (Lipinski definition) is 1. The summed E-state index contributed by atoms with van der Waals surface area (Å²) in [4.78, 5) is 15.8. The first-order valence-corrected chi connectivity index (χ1v) is 10.6. The molecule has 0 unspecified atom stereocenters. The smallest absolute Gasteiger partial charge is 0.240 e. The van der Waals surface area contributed by atoms with Crippen LogP contribution in [0.1, 0.15) is 28.0 Å². The lowest BCUT2D eigenvalue weighted by Gasteiger charge is -2.27. The van der Waals surface area contributed by atoms with Gasteiger partial charge in [0.05, 0.1) is 4.90 Å². The zero-order chi connectivity index (χ0) is 18.0. The Kier molecular flexibility index (Phi) is 5.27. The highest BCUT2D eigenvalue weighted by Gasteiger charge is 2.22. The Morgan fingerprint density at radius 3 is 2.84 bits per heavy atom. The number of amides is 1. The van der Waals surface area contributed by atoms with Crippen molar-refractivity contribution in [3.63, 3.8) is 0 Å². The van der Waals surface area contributed by atoms with Crippen LogP contribution >= 0.6 is 11.3 Å². The van der Waals surface area contributed by atoms with E-state index in [0.29, 0.717) is 18.7 Å². The number of fused-ring (bicyclic) bond motifs is 1. The summed E-state index contributed by atoms with van der Waals surface area (Å²) in [5, 5.41) is 2.05. The van der Waals surface area contributed by atoms with Crippen LogP contribution in [0.15, 0.2) is 34.5 Å². The fourth-order valence-corrected chi connectivity index (χ4v) is 5.24. The van der Waals surface area contributed by atoms with E-state index in [2.05, 4.69) is 16.2 Å². The summed E-state index contributed by atoms with van der Waals surface area (Å²) in [6, 6.07) is 7.28. The van der Waals surface area contributed by atoms with Gasteiger partial charge in [-0.05, 0) is 48.9 Å². The first-order valence-electron chi connectivity index (χ1n) is 8.27. The molecule has 0 aliphatic carbocycles. The van der Waals surface area contributed by atoms with Crippen LogP contribution in [0.25, 0.3) is 0 Å². The Morgan fingerprint density at radius 2 is 2.08 bits per heavy atom. The maximum Gasteiger partial charge on any atom is 0.240 e. The van der Waals surface area contributed by atoms with E-state index in [1.807, 2.05) is 13.0 Å². The van der Waals surface area contributed by atoms with Crippen molar-refractivity contribution in [2.24, 2.45) is 0 Å². The average molecular weight is 379 g/mol. The molecule has 5 nitrogen and oxygen atoms in total. The van der Waals surface area contributed by atoms with Crippen LogP contribution < -0.4 is 4.72 Å². The number of hydrogen-bond acceptors (Lipinski definition) is 4. The average Bonchev–Trinajstić information content (AvgIpc) is 3.01. The second kappa shape index (κ2) is 7.27. The lowest BCUT2D eigenvalue weighted by Crippen LogP contribution is -2.37. The molecular formula is C18H22N2O3S2. The molecule has 7 heteroatoms. The zero-order valence-electron chi connectivity index (χ0n) is 14.4. The molecule has 3 rings (SSSR count). The fourth-order valence-electron chi connectivity index (χ4n) is 3.09. The first-order chi connectivity index (χ1) is 11.9. The quantitative estimate of drug-likeness (QED) is 0.870. The van der Waals surface area contributed by atoms with Crippen LogP contribution in [0.3, 0.4) is 0 Å². The Balaban J connectivity index is 1.56. The molecule has 25 heavy (non-hydrogen) atoms. The number of carbonyl (C=O) groups is 1. The molecule has 2 heterocycles. The topological polar surface area (TPSA) is 66.5 Å². The van der Waals surface area contributed by atoms with E-state index in [4.69, 9.17) is 0 Å². The summed E-state index contributed by atoms with van der Waals surface area (Å²) in [5.41, 5.74) is 2.94. The highest BCUT2D eigenvalue weighted by molar-refractivity contribution is 7.89. The number of aryl methyl sites for hydroxylation is 2. The predicted octanol–water partition coefficient (Wildman–Crippen LogP) is 2.62. The number of thiophene rings is 1. The second-order valence-electron chi connectivity index (χ2n) is 6.35. The number of carbonyl (C=O) groups excluding carboxylic acids is 1. The summed E-state index contributed by atoms with van der Waals surface area (Å²) in [7, 11) is -3.59. The molecule has 0 spiro atoms. The van der Waals surface area contributed by atoms with Gasteiger partial charge in [0.2, 0.25) is 15.9 Å². The molecule has 1 aromatic carbocycles. The van der Waals surface area contributed by atoms with Gasteiger partial charge < -0.3 is 4.90 Å². The number of nitrogens with zero attached hydrogens (tertiary/aromatic N) is 1. The number of nitrogens with one attached hydrogen (secondary N) is 1. The van der Waals surface area contributed by atoms with Gasteiger partial charge in [-0.15, -0.1) is 11.3 Å². The van der Waals surface area contributed by atoms with E-state index >= 15 is 0 Å². The molecule has 1 aromatic heterocycles. The predicted molar refractivity (Wildman–Crippen MR) is 99.2 cm³/mol. The van der Waals surface area contributed by atoms with Crippen LogP contribution in [-0.4, -0.2) is 32.3 Å². The minimum Gasteiger partial charge on any atom is -0.338 e. The normalized spacial score (nSPS) is 14.4. The van der Waals surface area contributed by atoms with Crippen molar-refractivity contribution in [1.82, 2.24) is 9.62 Å². The maximum absolute atomic E-state index is 12.4. The summed E-state index contributed by atoms with van der Waals surface area (Å²) < 4.78 is 27.4. The second-order valence-corrected chi connectivity index (χ2v) is 9.09. The molecule has 0 saturated heterocycles. The van der Waals surface area contributed by atoms with Crippen molar-refractivity contribution >= 4 is 27.3 Å². The summed E-state index contributed by atoms with van der Waals surface area (Å²) in [6.45, 7) is 5.14. The van der Waals surface area contributed by atoms with Crippen molar-refractivity contribution in [1.29, 1.82) is 0 Å². The summed E-state index contributed by atoms with van der Waals surface area (Å²) in [5.74, 6) is -0.0137. The van der Waals surface area contributed by atoms with E-state index in [9.17, 15) is 13.2 Å². The fraction of sp³-hybridized carbons (Fsp3) is 0.389. The van der Waals surface area contributed by atoms with Gasteiger partial charge >= 0.3 is 0 Å². The third-order valence-corrected chi connectivity index (χ3v) is 7.06. The SMILES string of the molecule is Cc1ccc(S(=O)(=O)NCCC(=O)N2CCc3sccc3C2)c(C)c1. The molecule has 1 amide bonds. The van der Waals surface area contributed by atoms with Crippen LogP contribution in [0.2, 0.25) is 0 Å². The molecule has 1 aliphatic heterocycles. The van der Waals surface area contributed by atoms with Crippen LogP contribution in [0.5, 0.6) is 0 Å². The number of sulfonamides is 1. The standard InChI is InChI=1S/C18H22N2O3S2/c1-13-3-4-17(14(2)11-13)25(22,23)19-8-5-18(21)20-9-6-16-15(12-20)7-10-24-16/h3-4,7,10-11,19H,5-6,8-9,12H2,1-2H3. The van der Waals surface area contributed by atoms with Gasteiger partial charge in [0.15, 0.2) is 0 Å². The van der Waals surface area contributed by atoms with Crippen LogP contribution in [0, 0.1) is 13.8 Å². The molecule has 1 N–H and O–H groups in total. The lowest BCUT2D eigenvalue weighted by atomic mass is 10.1. The van der Waals surface area contributed by atoms with Crippen molar-refractivity contribution in [2.45, 2.75) is 38.1 Å². The van der Waals surface area contributed by atoms with Gasteiger partial charge in [-0.3, -0.25) is 4.79 Å². The molecule has 134 valence electrons. The lowest BCUT2D eigenvalue weighted by molar-refractivity contribution is -0.131. The van der Waals surface area contributed by atoms with E-state index in [0.717, 1.165) is 12.0 Å². The van der Waals surface area contributed by atoms with E-state index in [-0.39, 0.29) is 23.8 Å². The van der Waals surface area contributed by atoms with Crippen molar-refractivity contribution in [3.05, 3.63) is 51.2 Å². The zero-order valence-corrected chi connectivity index (χ0v) is 16.0. The van der Waals surface area contributed by atoms with Crippen molar-refractivity contribution < 1.29 is 13.2 Å². The van der Waals surface area contributed by atoms with Gasteiger partial charge in [-0.1, -0.05) is 17.7 Å². The highest BCUT2D eigenvalue weighted by atomic mass is 32.2. The molecule has 0 atom stereocenters. The molecular weight excluding hydrogens is 356 g/mol. The Hall–Kier alpha value is -1.70. The van der Waals surface area contributed by atoms with E-state index < -0.39 is 10.0 Å². The van der Waals surface area contributed by atoms with Gasteiger partial charge in [0.1, 0.15) is 0 Å². The monoisotopic (exact) mass is 378 g/mol. The molecule has 2 aromatic rings. The minimum absolute atomic E-state index is 0.0137. The first kappa shape index (κ1) is 18.1. The minimum atomic E-state index is -3.59. The van der Waals surface area contributed by atoms with E-state index in [1.165, 1.54) is 10.4 Å². The van der Waals surface area contributed by atoms with Gasteiger partial charge in [0.25, 0.3) is 0 Å². The molecule has 0 fully saturated rings. The largest absolute Gasteiger partial charge is 0.338 e. The highest BCUT2D eigenvalue weighted by Crippen LogP contribution is 2.24. The van der Waals surface area contributed by atoms with Crippen molar-refractivity contribution in [3.8, 4) is 0 Å². The van der Waals surface area contributed by atoms with Gasteiger partial charge in [0, 0.05) is 30.9 Å². The van der Waals surface area contributed by atoms with Crippen LogP contribution in [-0.2, 0) is 27.8 Å². The molecule has 0 saturated carbocycles. The third kappa shape index (κ3) is 4.11. The third-order valence-electron chi connectivity index (χ3n) is 4.41.